The molecule has 12 heteroatoms. The number of ether oxygens (including phenoxy) is 4. The summed E-state index contributed by atoms with van der Waals surface area (Å²) in [7, 11) is -2.86. The highest BCUT2D eigenvalue weighted by molar-refractivity contribution is 7.33. The molecule has 2 rings (SSSR count). The molecule has 0 heterocycles. The standard InChI is InChI=1S/C22H33N2O9P/c23-30-15-21(13-26-11-19-7-3-1-4-8-19)28-17-32-34(25)33-18-29-22(16-31-24)14-27-12-20-9-5-2-6-10-20/h1-10,21-22,34H,11-18,23-24H2. The molecule has 190 valence electrons. The number of benzene rings is 2. The maximum atomic E-state index is 11.9. The first-order valence-electron chi connectivity index (χ1n) is 10.6. The summed E-state index contributed by atoms with van der Waals surface area (Å²) in [6.07, 6.45) is -1.01. The third kappa shape index (κ3) is 13.2. The molecule has 0 aliphatic rings. The summed E-state index contributed by atoms with van der Waals surface area (Å²) in [6.45, 7) is 0.803. The molecule has 2 atom stereocenters. The van der Waals surface area contributed by atoms with Crippen LogP contribution in [0.25, 0.3) is 0 Å². The van der Waals surface area contributed by atoms with Gasteiger partial charge in [0.25, 0.3) is 0 Å². The Morgan fingerprint density at radius 2 is 1.06 bits per heavy atom. The van der Waals surface area contributed by atoms with Crippen LogP contribution in [0.15, 0.2) is 60.7 Å². The fourth-order valence-corrected chi connectivity index (χ4v) is 3.08. The normalized spacial score (nSPS) is 14.1. The van der Waals surface area contributed by atoms with E-state index in [0.29, 0.717) is 13.2 Å². The van der Waals surface area contributed by atoms with E-state index in [1.807, 2.05) is 60.7 Å². The lowest BCUT2D eigenvalue weighted by molar-refractivity contribution is -0.117. The van der Waals surface area contributed by atoms with Gasteiger partial charge in [0.15, 0.2) is 13.6 Å². The fourth-order valence-electron chi connectivity index (χ4n) is 2.67. The lowest BCUT2D eigenvalue weighted by Gasteiger charge is -2.18. The van der Waals surface area contributed by atoms with Crippen LogP contribution in [0, 0.1) is 0 Å². The van der Waals surface area contributed by atoms with Gasteiger partial charge in [-0.2, -0.15) is 0 Å². The first kappa shape index (κ1) is 28.5. The molecule has 0 saturated carbocycles. The first-order chi connectivity index (χ1) is 16.7. The molecule has 4 N–H and O–H groups in total. The average molecular weight is 500 g/mol. The van der Waals surface area contributed by atoms with Gasteiger partial charge in [-0.05, 0) is 11.1 Å². The van der Waals surface area contributed by atoms with E-state index < -0.39 is 20.5 Å². The van der Waals surface area contributed by atoms with Crippen LogP contribution < -0.4 is 11.8 Å². The van der Waals surface area contributed by atoms with Crippen molar-refractivity contribution in [3.8, 4) is 0 Å². The fraction of sp³-hybridized carbons (Fsp3) is 0.455. The molecule has 0 aromatic heterocycles. The third-order valence-electron chi connectivity index (χ3n) is 4.36. The van der Waals surface area contributed by atoms with Crippen LogP contribution in [-0.2, 0) is 55.4 Å². The monoisotopic (exact) mass is 500 g/mol. The summed E-state index contributed by atoms with van der Waals surface area (Å²) in [5.74, 6) is 10.3. The maximum Gasteiger partial charge on any atom is 0.323 e. The number of rotatable bonds is 20. The van der Waals surface area contributed by atoms with Crippen LogP contribution in [0.4, 0.5) is 0 Å². The van der Waals surface area contributed by atoms with Crippen molar-refractivity contribution >= 4 is 8.25 Å². The van der Waals surface area contributed by atoms with Gasteiger partial charge in [0, 0.05) is 0 Å². The predicted molar refractivity (Wildman–Crippen MR) is 123 cm³/mol. The van der Waals surface area contributed by atoms with Gasteiger partial charge in [-0.1, -0.05) is 60.7 Å². The minimum atomic E-state index is -2.86. The number of hydrogen-bond donors (Lipinski definition) is 2. The van der Waals surface area contributed by atoms with Gasteiger partial charge < -0.3 is 28.6 Å². The molecule has 2 aromatic rings. The van der Waals surface area contributed by atoms with Gasteiger partial charge in [0.05, 0.1) is 39.6 Å². The minimum Gasteiger partial charge on any atom is -0.374 e. The summed E-state index contributed by atoms with van der Waals surface area (Å²) < 4.78 is 44.1. The molecule has 0 bridgehead atoms. The van der Waals surface area contributed by atoms with Crippen molar-refractivity contribution < 1.29 is 42.2 Å². The summed E-state index contributed by atoms with van der Waals surface area (Å²) in [6, 6.07) is 19.3. The van der Waals surface area contributed by atoms with E-state index in [2.05, 4.69) is 9.68 Å². The van der Waals surface area contributed by atoms with E-state index in [9.17, 15) is 4.57 Å². The van der Waals surface area contributed by atoms with Crippen LogP contribution in [0.2, 0.25) is 0 Å². The van der Waals surface area contributed by atoms with Crippen LogP contribution in [0.3, 0.4) is 0 Å². The molecule has 0 radical (unpaired) electrons. The van der Waals surface area contributed by atoms with Gasteiger partial charge in [0.2, 0.25) is 0 Å². The van der Waals surface area contributed by atoms with Crippen LogP contribution in [0.5, 0.6) is 0 Å². The summed E-state index contributed by atoms with van der Waals surface area (Å²) >= 11 is 0. The molecule has 0 amide bonds. The van der Waals surface area contributed by atoms with Crippen molar-refractivity contribution in [1.29, 1.82) is 0 Å². The molecule has 34 heavy (non-hydrogen) atoms. The van der Waals surface area contributed by atoms with Crippen LogP contribution >= 0.6 is 8.25 Å². The Kier molecular flexibility index (Phi) is 15.6. The van der Waals surface area contributed by atoms with Gasteiger partial charge in [-0.15, -0.1) is 0 Å². The van der Waals surface area contributed by atoms with Crippen molar-refractivity contribution in [2.75, 3.05) is 40.0 Å². The molecule has 0 spiro atoms. The quantitative estimate of drug-likeness (QED) is 0.157. The zero-order valence-electron chi connectivity index (χ0n) is 18.9. The average Bonchev–Trinajstić information content (AvgIpc) is 2.85. The van der Waals surface area contributed by atoms with E-state index in [4.69, 9.17) is 39.8 Å². The smallest absolute Gasteiger partial charge is 0.323 e. The van der Waals surface area contributed by atoms with Gasteiger partial charge in [-0.25, -0.2) is 11.8 Å². The Morgan fingerprint density at radius 1 is 0.647 bits per heavy atom. The van der Waals surface area contributed by atoms with E-state index >= 15 is 0 Å². The van der Waals surface area contributed by atoms with E-state index in [0.717, 1.165) is 11.1 Å². The maximum absolute atomic E-state index is 11.9. The Morgan fingerprint density at radius 3 is 1.44 bits per heavy atom. The second-order valence-corrected chi connectivity index (χ2v) is 8.10. The molecule has 2 aromatic carbocycles. The molecule has 11 nitrogen and oxygen atoms in total. The zero-order valence-corrected chi connectivity index (χ0v) is 19.9. The van der Waals surface area contributed by atoms with Crippen molar-refractivity contribution in [1.82, 2.24) is 0 Å². The Labute approximate surface area is 200 Å². The molecular weight excluding hydrogens is 467 g/mol. The Hall–Kier alpha value is -1.73. The highest BCUT2D eigenvalue weighted by Crippen LogP contribution is 2.23. The third-order valence-corrected chi connectivity index (χ3v) is 5.06. The van der Waals surface area contributed by atoms with Crippen molar-refractivity contribution in [2.24, 2.45) is 11.8 Å². The molecule has 0 fully saturated rings. The topological polar surface area (TPSA) is 143 Å². The molecule has 0 saturated heterocycles. The van der Waals surface area contributed by atoms with E-state index in [-0.39, 0.29) is 40.0 Å². The van der Waals surface area contributed by atoms with Gasteiger partial charge in [-0.3, -0.25) is 13.6 Å². The summed E-state index contributed by atoms with van der Waals surface area (Å²) in [5, 5.41) is 0. The minimum absolute atomic E-state index is 0.0762. The van der Waals surface area contributed by atoms with E-state index in [1.54, 1.807) is 0 Å². The Bertz CT molecular complexity index is 710. The van der Waals surface area contributed by atoms with Crippen molar-refractivity contribution in [2.45, 2.75) is 25.4 Å². The first-order valence-corrected chi connectivity index (χ1v) is 11.8. The molecule has 0 aliphatic carbocycles. The van der Waals surface area contributed by atoms with Crippen LogP contribution in [-0.4, -0.2) is 52.2 Å². The lowest BCUT2D eigenvalue weighted by atomic mass is 10.2. The predicted octanol–water partition coefficient (Wildman–Crippen LogP) is 2.31. The van der Waals surface area contributed by atoms with Gasteiger partial charge in [0.1, 0.15) is 12.2 Å². The second-order valence-electron chi connectivity index (χ2n) is 7.02. The molecule has 0 aliphatic heterocycles. The second kappa shape index (κ2) is 18.6. The Balaban J connectivity index is 1.57. The summed E-state index contributed by atoms with van der Waals surface area (Å²) in [4.78, 5) is 9.25. The highest BCUT2D eigenvalue weighted by atomic mass is 31.1. The SMILES string of the molecule is NOCC(COCc1ccccc1)OCO[PH](=O)OCOC(CON)COCc1ccccc1. The van der Waals surface area contributed by atoms with Gasteiger partial charge >= 0.3 is 8.25 Å². The molecule has 2 unspecified atom stereocenters. The number of nitrogens with two attached hydrogens (primary N) is 2. The van der Waals surface area contributed by atoms with E-state index in [1.165, 1.54) is 0 Å². The number of hydrogen-bond acceptors (Lipinski definition) is 11. The van der Waals surface area contributed by atoms with Crippen molar-refractivity contribution in [3.05, 3.63) is 71.8 Å². The van der Waals surface area contributed by atoms with Crippen LogP contribution in [0.1, 0.15) is 11.1 Å². The lowest BCUT2D eigenvalue weighted by Crippen LogP contribution is -2.28. The van der Waals surface area contributed by atoms with Crippen molar-refractivity contribution in [3.63, 3.8) is 0 Å². The molecular formula is C22H33N2O9P. The highest BCUT2D eigenvalue weighted by Gasteiger charge is 2.13. The largest absolute Gasteiger partial charge is 0.374 e. The zero-order chi connectivity index (χ0) is 24.3. The summed E-state index contributed by atoms with van der Waals surface area (Å²) in [5.41, 5.74) is 2.04.